The molecule has 7 nitrogen and oxygen atoms in total. The molecule has 0 radical (unpaired) electrons. The lowest BCUT2D eigenvalue weighted by Gasteiger charge is -2.06. The van der Waals surface area contributed by atoms with Crippen molar-refractivity contribution in [3.8, 4) is 0 Å². The van der Waals surface area contributed by atoms with Crippen LogP contribution in [0.2, 0.25) is 0 Å². The van der Waals surface area contributed by atoms with Crippen LogP contribution in [-0.4, -0.2) is 19.2 Å². The summed E-state index contributed by atoms with van der Waals surface area (Å²) in [7, 11) is -4.07. The van der Waals surface area contributed by atoms with Crippen molar-refractivity contribution >= 4 is 27.5 Å². The molecule has 8 heteroatoms. The first-order valence-corrected chi connectivity index (χ1v) is 7.87. The molecule has 23 heavy (non-hydrogen) atoms. The summed E-state index contributed by atoms with van der Waals surface area (Å²) in [5.41, 5.74) is 5.36. The second-order valence-corrected chi connectivity index (χ2v) is 6.46. The third-order valence-electron chi connectivity index (χ3n) is 2.99. The van der Waals surface area contributed by atoms with Crippen LogP contribution in [0.4, 0.5) is 5.69 Å². The predicted octanol–water partition coefficient (Wildman–Crippen LogP) is 1.89. The third kappa shape index (κ3) is 3.61. The van der Waals surface area contributed by atoms with E-state index in [0.29, 0.717) is 5.56 Å². The van der Waals surface area contributed by atoms with Crippen molar-refractivity contribution in [2.75, 3.05) is 0 Å². The van der Waals surface area contributed by atoms with Gasteiger partial charge in [-0.05, 0) is 35.9 Å². The SMILES string of the molecule is NC(=O)C(=Cc1ccc([N+](=O)[O-])cc1)S(=O)(=O)c1ccccc1. The number of hydrogen-bond donors (Lipinski definition) is 1. The highest BCUT2D eigenvalue weighted by Gasteiger charge is 2.25. The molecule has 0 fully saturated rings. The lowest BCUT2D eigenvalue weighted by molar-refractivity contribution is -0.384. The summed E-state index contributed by atoms with van der Waals surface area (Å²) >= 11 is 0. The number of sulfone groups is 1. The average molecular weight is 332 g/mol. The molecule has 2 aromatic rings. The normalized spacial score (nSPS) is 11.9. The molecular weight excluding hydrogens is 320 g/mol. The van der Waals surface area contributed by atoms with Crippen molar-refractivity contribution in [1.29, 1.82) is 0 Å². The van der Waals surface area contributed by atoms with Crippen LogP contribution in [0.25, 0.3) is 6.08 Å². The van der Waals surface area contributed by atoms with Gasteiger partial charge in [0.1, 0.15) is 4.91 Å². The van der Waals surface area contributed by atoms with Crippen LogP contribution < -0.4 is 5.73 Å². The molecule has 2 rings (SSSR count). The molecule has 2 aromatic carbocycles. The van der Waals surface area contributed by atoms with Crippen molar-refractivity contribution in [3.63, 3.8) is 0 Å². The molecule has 0 saturated heterocycles. The Hall–Kier alpha value is -3.00. The maximum absolute atomic E-state index is 12.5. The minimum atomic E-state index is -4.07. The van der Waals surface area contributed by atoms with Crippen LogP contribution in [0.5, 0.6) is 0 Å². The molecule has 0 bridgehead atoms. The number of non-ortho nitro benzene ring substituents is 1. The number of nitro groups is 1. The standard InChI is InChI=1S/C15H12N2O5S/c16-15(18)14(23(21,22)13-4-2-1-3-5-13)10-11-6-8-12(9-7-11)17(19)20/h1-10H,(H2,16,18). The van der Waals surface area contributed by atoms with Crippen molar-refractivity contribution in [2.45, 2.75) is 4.90 Å². The highest BCUT2D eigenvalue weighted by molar-refractivity contribution is 7.96. The van der Waals surface area contributed by atoms with E-state index in [0.717, 1.165) is 6.08 Å². The zero-order valence-corrected chi connectivity index (χ0v) is 12.6. The molecule has 1 amide bonds. The van der Waals surface area contributed by atoms with Crippen LogP contribution in [0, 0.1) is 10.1 Å². The van der Waals surface area contributed by atoms with Crippen LogP contribution in [0.3, 0.4) is 0 Å². The van der Waals surface area contributed by atoms with E-state index in [2.05, 4.69) is 0 Å². The van der Waals surface area contributed by atoms with E-state index in [4.69, 9.17) is 5.73 Å². The predicted molar refractivity (Wildman–Crippen MR) is 83.9 cm³/mol. The molecule has 0 aliphatic carbocycles. The van der Waals surface area contributed by atoms with E-state index >= 15 is 0 Å². The summed E-state index contributed by atoms with van der Waals surface area (Å²) < 4.78 is 25.0. The molecule has 0 aliphatic rings. The molecule has 0 atom stereocenters. The second-order valence-electron chi connectivity index (χ2n) is 4.54. The zero-order chi connectivity index (χ0) is 17.0. The Kier molecular flexibility index (Phi) is 4.56. The number of rotatable bonds is 5. The van der Waals surface area contributed by atoms with E-state index in [1.54, 1.807) is 6.07 Å². The molecule has 0 spiro atoms. The number of carbonyl (C=O) groups excluding carboxylic acids is 1. The number of amides is 1. The Morgan fingerprint density at radius 3 is 2.09 bits per heavy atom. The fraction of sp³-hybridized carbons (Fsp3) is 0. The minimum Gasteiger partial charge on any atom is -0.365 e. The monoisotopic (exact) mass is 332 g/mol. The number of nitrogens with two attached hydrogens (primary N) is 1. The number of benzene rings is 2. The topological polar surface area (TPSA) is 120 Å². The number of nitrogens with zero attached hydrogens (tertiary/aromatic N) is 1. The molecule has 118 valence electrons. The molecule has 0 saturated carbocycles. The summed E-state index contributed by atoms with van der Waals surface area (Å²) in [4.78, 5) is 20.9. The van der Waals surface area contributed by atoms with E-state index < -0.39 is 25.6 Å². The largest absolute Gasteiger partial charge is 0.365 e. The molecule has 0 unspecified atom stereocenters. The zero-order valence-electron chi connectivity index (χ0n) is 11.7. The number of carbonyl (C=O) groups is 1. The van der Waals surface area contributed by atoms with Gasteiger partial charge in [0.2, 0.25) is 9.84 Å². The summed E-state index contributed by atoms with van der Waals surface area (Å²) in [6.07, 6.45) is 1.09. The Morgan fingerprint density at radius 1 is 1.04 bits per heavy atom. The summed E-state index contributed by atoms with van der Waals surface area (Å²) in [6, 6.07) is 12.5. The Morgan fingerprint density at radius 2 is 1.61 bits per heavy atom. The summed E-state index contributed by atoms with van der Waals surface area (Å²) in [5.74, 6) is -1.10. The molecule has 0 aromatic heterocycles. The van der Waals surface area contributed by atoms with Gasteiger partial charge in [-0.1, -0.05) is 18.2 Å². The van der Waals surface area contributed by atoms with Crippen molar-refractivity contribution < 1.29 is 18.1 Å². The second kappa shape index (κ2) is 6.41. The number of hydrogen-bond acceptors (Lipinski definition) is 5. The van der Waals surface area contributed by atoms with Crippen LogP contribution >= 0.6 is 0 Å². The molecule has 0 aliphatic heterocycles. The first-order valence-electron chi connectivity index (χ1n) is 6.38. The molecular formula is C15H12N2O5S. The summed E-state index contributed by atoms with van der Waals surface area (Å²) in [6.45, 7) is 0. The lowest BCUT2D eigenvalue weighted by Crippen LogP contribution is -2.21. The Bertz CT molecular complexity index is 872. The maximum Gasteiger partial charge on any atom is 0.269 e. The van der Waals surface area contributed by atoms with Gasteiger partial charge in [0.15, 0.2) is 0 Å². The van der Waals surface area contributed by atoms with Crippen molar-refractivity contribution in [3.05, 3.63) is 75.2 Å². The Balaban J connectivity index is 2.50. The van der Waals surface area contributed by atoms with Crippen LogP contribution in [0.1, 0.15) is 5.56 Å². The van der Waals surface area contributed by atoms with Crippen molar-refractivity contribution in [1.82, 2.24) is 0 Å². The van der Waals surface area contributed by atoms with E-state index in [9.17, 15) is 23.3 Å². The lowest BCUT2D eigenvalue weighted by atomic mass is 10.2. The minimum absolute atomic E-state index is 0.0630. The highest BCUT2D eigenvalue weighted by atomic mass is 32.2. The Labute approximate surface area is 132 Å². The van der Waals surface area contributed by atoms with Gasteiger partial charge in [0.25, 0.3) is 11.6 Å². The highest BCUT2D eigenvalue weighted by Crippen LogP contribution is 2.22. The van der Waals surface area contributed by atoms with Gasteiger partial charge in [0.05, 0.1) is 9.82 Å². The smallest absolute Gasteiger partial charge is 0.269 e. The van der Waals surface area contributed by atoms with E-state index in [1.165, 1.54) is 48.5 Å². The van der Waals surface area contributed by atoms with Gasteiger partial charge in [0, 0.05) is 12.1 Å². The van der Waals surface area contributed by atoms with Gasteiger partial charge in [-0.3, -0.25) is 14.9 Å². The van der Waals surface area contributed by atoms with Gasteiger partial charge < -0.3 is 5.73 Å². The number of primary amides is 1. The number of nitro benzene ring substituents is 1. The molecule has 0 heterocycles. The van der Waals surface area contributed by atoms with Gasteiger partial charge in [-0.15, -0.1) is 0 Å². The van der Waals surface area contributed by atoms with Gasteiger partial charge in [-0.2, -0.15) is 0 Å². The average Bonchev–Trinajstić information content (AvgIpc) is 2.53. The molecule has 2 N–H and O–H groups in total. The first kappa shape index (κ1) is 16.4. The van der Waals surface area contributed by atoms with E-state index in [-0.39, 0.29) is 10.6 Å². The first-order chi connectivity index (χ1) is 10.8. The van der Waals surface area contributed by atoms with E-state index in [1.807, 2.05) is 0 Å². The fourth-order valence-electron chi connectivity index (χ4n) is 1.85. The maximum atomic E-state index is 12.5. The fourth-order valence-corrected chi connectivity index (χ4v) is 3.18. The van der Waals surface area contributed by atoms with Crippen LogP contribution in [0.15, 0.2) is 64.4 Å². The summed E-state index contributed by atoms with van der Waals surface area (Å²) in [5, 5.41) is 10.6. The quantitative estimate of drug-likeness (QED) is 0.509. The third-order valence-corrected chi connectivity index (χ3v) is 4.78. The van der Waals surface area contributed by atoms with Gasteiger partial charge in [-0.25, -0.2) is 8.42 Å². The van der Waals surface area contributed by atoms with Gasteiger partial charge >= 0.3 is 0 Å². The van der Waals surface area contributed by atoms with Crippen LogP contribution in [-0.2, 0) is 14.6 Å². The van der Waals surface area contributed by atoms with Crippen molar-refractivity contribution in [2.24, 2.45) is 5.73 Å².